The summed E-state index contributed by atoms with van der Waals surface area (Å²) in [6.45, 7) is 14.4. The lowest BCUT2D eigenvalue weighted by Gasteiger charge is -2.15. The van der Waals surface area contributed by atoms with Crippen LogP contribution in [0.4, 0.5) is 0 Å². The van der Waals surface area contributed by atoms with Crippen LogP contribution in [0.15, 0.2) is 12.2 Å². The molecule has 2 aliphatic rings. The van der Waals surface area contributed by atoms with Crippen molar-refractivity contribution in [2.45, 2.75) is 65.3 Å². The van der Waals surface area contributed by atoms with Gasteiger partial charge in [0, 0.05) is 0 Å². The highest BCUT2D eigenvalue weighted by atomic mass is 31.2. The first kappa shape index (κ1) is 27.8. The van der Waals surface area contributed by atoms with Crippen LogP contribution in [0.3, 0.4) is 0 Å². The third kappa shape index (κ3) is 15.3. The van der Waals surface area contributed by atoms with Gasteiger partial charge in [-0.25, -0.2) is 0 Å². The van der Waals surface area contributed by atoms with E-state index in [1.165, 1.54) is 19.9 Å². The Labute approximate surface area is 173 Å². The SMILES string of the molecule is CC(=O)/C=C/[C@H]1COC(C)(C)O1.CC(=O)CP(C)(C)=O.CC1(C)OC[C@H](C=O)O1. The predicted molar refractivity (Wildman–Crippen MR) is 111 cm³/mol. The number of ketones is 2. The molecule has 2 atom stereocenters. The molecule has 168 valence electrons. The van der Waals surface area contributed by atoms with Crippen LogP contribution in [0.5, 0.6) is 0 Å². The van der Waals surface area contributed by atoms with E-state index in [0.717, 1.165) is 6.29 Å². The third-order valence-corrected chi connectivity index (χ3v) is 4.57. The zero-order chi connectivity index (χ0) is 22.9. The van der Waals surface area contributed by atoms with Crippen molar-refractivity contribution in [3.8, 4) is 0 Å². The molecule has 0 amide bonds. The van der Waals surface area contributed by atoms with E-state index in [1.807, 2.05) is 13.8 Å². The number of hydrogen-bond donors (Lipinski definition) is 0. The zero-order valence-electron chi connectivity index (χ0n) is 18.7. The monoisotopic (exact) mass is 434 g/mol. The smallest absolute Gasteiger partial charge is 0.163 e. The molecule has 0 spiro atoms. The molecule has 2 heterocycles. The van der Waals surface area contributed by atoms with Crippen molar-refractivity contribution in [3.05, 3.63) is 12.2 Å². The Bertz CT molecular complexity index is 632. The van der Waals surface area contributed by atoms with E-state index >= 15 is 0 Å². The first-order valence-corrected chi connectivity index (χ1v) is 12.1. The first-order valence-electron chi connectivity index (χ1n) is 9.36. The van der Waals surface area contributed by atoms with Crippen LogP contribution in [0, 0.1) is 0 Å². The zero-order valence-corrected chi connectivity index (χ0v) is 19.6. The van der Waals surface area contributed by atoms with E-state index in [4.69, 9.17) is 18.9 Å². The number of ether oxygens (including phenoxy) is 4. The summed E-state index contributed by atoms with van der Waals surface area (Å²) in [5, 5.41) is 0. The average molecular weight is 434 g/mol. The highest BCUT2D eigenvalue weighted by Gasteiger charge is 2.32. The van der Waals surface area contributed by atoms with Crippen molar-refractivity contribution >= 4 is 25.0 Å². The summed E-state index contributed by atoms with van der Waals surface area (Å²) < 4.78 is 31.7. The molecular formula is C20H35O8P. The minimum absolute atomic E-state index is 0.0123. The van der Waals surface area contributed by atoms with Crippen molar-refractivity contribution in [2.24, 2.45) is 0 Å². The topological polar surface area (TPSA) is 105 Å². The predicted octanol–water partition coefficient (Wildman–Crippen LogP) is 2.82. The highest BCUT2D eigenvalue weighted by molar-refractivity contribution is 7.63. The van der Waals surface area contributed by atoms with Gasteiger partial charge in [0.05, 0.1) is 26.5 Å². The molecule has 0 aromatic heterocycles. The molecule has 0 radical (unpaired) electrons. The van der Waals surface area contributed by atoms with E-state index in [-0.39, 0.29) is 29.9 Å². The van der Waals surface area contributed by atoms with Gasteiger partial charge in [-0.1, -0.05) is 0 Å². The van der Waals surface area contributed by atoms with Gasteiger partial charge in [-0.2, -0.15) is 0 Å². The number of carbonyl (C=O) groups is 3. The van der Waals surface area contributed by atoms with E-state index in [9.17, 15) is 18.9 Å². The van der Waals surface area contributed by atoms with E-state index in [1.54, 1.807) is 33.3 Å². The van der Waals surface area contributed by atoms with Crippen molar-refractivity contribution < 1.29 is 37.9 Å². The maximum Gasteiger partial charge on any atom is 0.163 e. The van der Waals surface area contributed by atoms with Gasteiger partial charge in [0.2, 0.25) is 0 Å². The highest BCUT2D eigenvalue weighted by Crippen LogP contribution is 2.34. The molecule has 0 aromatic rings. The molecule has 0 N–H and O–H groups in total. The van der Waals surface area contributed by atoms with Crippen molar-refractivity contribution in [1.82, 2.24) is 0 Å². The van der Waals surface area contributed by atoms with Crippen molar-refractivity contribution in [2.75, 3.05) is 32.7 Å². The first-order chi connectivity index (χ1) is 13.1. The molecule has 9 heteroatoms. The van der Waals surface area contributed by atoms with Gasteiger partial charge in [0.25, 0.3) is 0 Å². The molecule has 0 aromatic carbocycles. The standard InChI is InChI=1S/C9H14O3.C6H10O3.C5H11O2P/c1-7(10)4-5-8-6-11-9(2,3)12-8;1-6(2)8-4-5(3-7)9-6;1-5(6)4-8(2,3)7/h4-5,8H,6H2,1-3H3;3,5H,4H2,1-2H3;4H2,1-3H3/b5-4+;;/t8-;5-;/m00./s1. The van der Waals surface area contributed by atoms with Crippen LogP contribution in [0.2, 0.25) is 0 Å². The number of hydrogen-bond acceptors (Lipinski definition) is 8. The Morgan fingerprint density at radius 1 is 0.966 bits per heavy atom. The summed E-state index contributed by atoms with van der Waals surface area (Å²) in [6.07, 6.45) is 3.80. The lowest BCUT2D eigenvalue weighted by molar-refractivity contribution is -0.145. The fraction of sp³-hybridized carbons (Fsp3) is 0.750. The maximum atomic E-state index is 10.8. The van der Waals surface area contributed by atoms with Gasteiger partial charge >= 0.3 is 0 Å². The summed E-state index contributed by atoms with van der Waals surface area (Å²) in [7, 11) is -2.07. The number of allylic oxidation sites excluding steroid dienone is 1. The van der Waals surface area contributed by atoms with Crippen LogP contribution in [0.25, 0.3) is 0 Å². The summed E-state index contributed by atoms with van der Waals surface area (Å²) >= 11 is 0. The number of Topliss-reactive ketones (excluding diaryl/α,β-unsaturated/α-hetero) is 1. The van der Waals surface area contributed by atoms with Gasteiger partial charge in [-0.15, -0.1) is 0 Å². The number of aldehydes is 1. The second kappa shape index (κ2) is 11.9. The molecule has 0 unspecified atom stereocenters. The fourth-order valence-corrected chi connectivity index (χ4v) is 3.44. The second-order valence-corrected chi connectivity index (χ2v) is 11.7. The van der Waals surface area contributed by atoms with Gasteiger partial charge in [0.1, 0.15) is 18.0 Å². The Hall–Kier alpha value is -1.18. The normalized spacial score (nSPS) is 24.8. The van der Waals surface area contributed by atoms with Gasteiger partial charge in [0.15, 0.2) is 23.6 Å². The van der Waals surface area contributed by atoms with Crippen LogP contribution in [-0.2, 0) is 37.9 Å². The number of rotatable bonds is 5. The molecule has 0 bridgehead atoms. The summed E-state index contributed by atoms with van der Waals surface area (Å²) in [4.78, 5) is 31.0. The second-order valence-electron chi connectivity index (χ2n) is 8.27. The summed E-state index contributed by atoms with van der Waals surface area (Å²) in [5.74, 6) is -1.03. The summed E-state index contributed by atoms with van der Waals surface area (Å²) in [5.41, 5.74) is 0. The average Bonchev–Trinajstić information content (AvgIpc) is 3.05. The maximum absolute atomic E-state index is 10.8. The van der Waals surface area contributed by atoms with E-state index < -0.39 is 18.7 Å². The molecule has 29 heavy (non-hydrogen) atoms. The molecular weight excluding hydrogens is 399 g/mol. The van der Waals surface area contributed by atoms with E-state index in [0.29, 0.717) is 13.2 Å². The lowest BCUT2D eigenvalue weighted by Crippen LogP contribution is -2.21. The van der Waals surface area contributed by atoms with Gasteiger partial charge in [-0.05, 0) is 67.0 Å². The summed E-state index contributed by atoms with van der Waals surface area (Å²) in [6, 6.07) is 0. The largest absolute Gasteiger partial charge is 0.347 e. The molecule has 2 fully saturated rings. The lowest BCUT2D eigenvalue weighted by atomic mass is 10.3. The third-order valence-electron chi connectivity index (χ3n) is 3.36. The Morgan fingerprint density at radius 2 is 1.41 bits per heavy atom. The Morgan fingerprint density at radius 3 is 1.62 bits per heavy atom. The molecule has 0 aliphatic carbocycles. The molecule has 8 nitrogen and oxygen atoms in total. The quantitative estimate of drug-likeness (QED) is 0.370. The van der Waals surface area contributed by atoms with Crippen LogP contribution in [0.1, 0.15) is 41.5 Å². The Balaban J connectivity index is 0.000000417. The molecule has 2 rings (SSSR count). The van der Waals surface area contributed by atoms with E-state index in [2.05, 4.69) is 0 Å². The fourth-order valence-electron chi connectivity index (χ4n) is 2.37. The van der Waals surface area contributed by atoms with Crippen LogP contribution < -0.4 is 0 Å². The molecule has 2 saturated heterocycles. The van der Waals surface area contributed by atoms with Crippen LogP contribution >= 0.6 is 7.14 Å². The van der Waals surface area contributed by atoms with Gasteiger partial charge in [-0.3, -0.25) is 9.59 Å². The van der Waals surface area contributed by atoms with Crippen molar-refractivity contribution in [1.29, 1.82) is 0 Å². The Kier molecular flexibility index (Phi) is 11.4. The minimum Gasteiger partial charge on any atom is -0.347 e. The van der Waals surface area contributed by atoms with Crippen LogP contribution in [-0.4, -0.2) is 74.3 Å². The molecule has 2 aliphatic heterocycles. The van der Waals surface area contributed by atoms with Crippen molar-refractivity contribution in [3.63, 3.8) is 0 Å². The minimum atomic E-state index is -2.07. The van der Waals surface area contributed by atoms with Gasteiger partial charge < -0.3 is 28.3 Å². The number of carbonyl (C=O) groups excluding carboxylic acids is 3. The molecule has 0 saturated carbocycles.